The van der Waals surface area contributed by atoms with Crippen molar-refractivity contribution in [2.45, 2.75) is 31.0 Å². The van der Waals surface area contributed by atoms with E-state index >= 15 is 0 Å². The molecule has 4 heterocycles. The van der Waals surface area contributed by atoms with Crippen LogP contribution in [0.25, 0.3) is 17.1 Å². The van der Waals surface area contributed by atoms with Gasteiger partial charge in [0.15, 0.2) is 17.7 Å². The molecule has 3 aromatic heterocycles. The Morgan fingerprint density at radius 2 is 2.21 bits per heavy atom. The van der Waals surface area contributed by atoms with Gasteiger partial charge in [0.2, 0.25) is 0 Å². The molecule has 0 saturated carbocycles. The van der Waals surface area contributed by atoms with Crippen LogP contribution in [0.2, 0.25) is 0 Å². The van der Waals surface area contributed by atoms with E-state index in [2.05, 4.69) is 25.4 Å². The zero-order valence-electron chi connectivity index (χ0n) is 15.6. The van der Waals surface area contributed by atoms with Gasteiger partial charge in [-0.25, -0.2) is 9.67 Å². The van der Waals surface area contributed by atoms with E-state index in [-0.39, 0.29) is 28.8 Å². The highest BCUT2D eigenvalue weighted by Crippen LogP contribution is 2.38. The molecule has 0 radical (unpaired) electrons. The van der Waals surface area contributed by atoms with Crippen molar-refractivity contribution in [2.24, 2.45) is 0 Å². The second kappa shape index (κ2) is 6.73. The minimum atomic E-state index is -1.68. The normalized spacial score (nSPS) is 26.9. The third-order valence-corrected chi connectivity index (χ3v) is 4.98. The Kier molecular flexibility index (Phi) is 4.46. The first-order valence-electron chi connectivity index (χ1n) is 8.71. The van der Waals surface area contributed by atoms with Crippen LogP contribution in [0.3, 0.4) is 0 Å². The molecule has 1 amide bonds. The van der Waals surface area contributed by atoms with Crippen LogP contribution < -0.4 is 11.1 Å². The first-order chi connectivity index (χ1) is 13.8. The van der Waals surface area contributed by atoms with E-state index in [0.717, 1.165) is 0 Å². The summed E-state index contributed by atoms with van der Waals surface area (Å²) in [5, 5.41) is 37.0. The van der Waals surface area contributed by atoms with Gasteiger partial charge in [-0.1, -0.05) is 0 Å². The first kappa shape index (κ1) is 19.2. The summed E-state index contributed by atoms with van der Waals surface area (Å²) in [5.41, 5.74) is 5.11. The molecule has 4 rings (SSSR count). The van der Waals surface area contributed by atoms with Crippen molar-refractivity contribution >= 4 is 22.9 Å². The van der Waals surface area contributed by atoms with Gasteiger partial charge in [-0.05, 0) is 6.92 Å². The van der Waals surface area contributed by atoms with Crippen molar-refractivity contribution in [3.8, 4) is 5.95 Å². The molecule has 1 aliphatic heterocycles. The lowest BCUT2D eigenvalue weighted by atomic mass is 9.95. The smallest absolute Gasteiger partial charge is 0.254 e. The summed E-state index contributed by atoms with van der Waals surface area (Å²) in [4.78, 5) is 24.5. The number of rotatable bonds is 4. The van der Waals surface area contributed by atoms with Crippen molar-refractivity contribution in [3.05, 3.63) is 24.3 Å². The molecule has 3 aromatic rings. The predicted octanol–water partition coefficient (Wildman–Crippen LogP) is -2.04. The molecule has 1 aliphatic rings. The Hall–Kier alpha value is -3.13. The molecule has 154 valence electrons. The molecule has 0 aliphatic carbocycles. The minimum Gasteiger partial charge on any atom is -0.394 e. The number of nitrogens with two attached hydrogens (primary N) is 1. The van der Waals surface area contributed by atoms with Crippen LogP contribution in [0.4, 0.5) is 5.82 Å². The van der Waals surface area contributed by atoms with Crippen molar-refractivity contribution in [1.82, 2.24) is 34.6 Å². The maximum absolute atomic E-state index is 11.7. The Morgan fingerprint density at radius 1 is 1.45 bits per heavy atom. The average Bonchev–Trinajstić information content (AvgIpc) is 3.39. The number of aromatic nitrogens is 6. The molecule has 0 bridgehead atoms. The minimum absolute atomic E-state index is 0.0544. The average molecular weight is 404 g/mol. The van der Waals surface area contributed by atoms with E-state index in [9.17, 15) is 20.1 Å². The first-order valence-corrected chi connectivity index (χ1v) is 8.71. The summed E-state index contributed by atoms with van der Waals surface area (Å²) in [6.45, 7) is 0.890. The number of fused-ring (bicyclic) bond motifs is 1. The van der Waals surface area contributed by atoms with Gasteiger partial charge in [-0.2, -0.15) is 15.1 Å². The van der Waals surface area contributed by atoms with Gasteiger partial charge in [0.1, 0.15) is 23.3 Å². The SMILES string of the molecule is CNC(=O)c1cnn(-c2nc(N)c3ncn([C@@H]4O[C@H](CO)[C@@](C)(O)[C@@H]4O)c3n2)c1. The maximum Gasteiger partial charge on any atom is 0.254 e. The van der Waals surface area contributed by atoms with Gasteiger partial charge >= 0.3 is 0 Å². The zero-order valence-corrected chi connectivity index (χ0v) is 15.6. The van der Waals surface area contributed by atoms with Crippen LogP contribution in [0.1, 0.15) is 23.5 Å². The largest absolute Gasteiger partial charge is 0.394 e. The summed E-state index contributed by atoms with van der Waals surface area (Å²) in [5.74, 6) is -0.196. The topological polar surface area (TPSA) is 186 Å². The molecule has 0 spiro atoms. The van der Waals surface area contributed by atoms with E-state index in [1.54, 1.807) is 0 Å². The van der Waals surface area contributed by atoms with Gasteiger partial charge in [0, 0.05) is 13.2 Å². The molecule has 13 heteroatoms. The highest BCUT2D eigenvalue weighted by atomic mass is 16.6. The van der Waals surface area contributed by atoms with Crippen LogP contribution in [0.5, 0.6) is 0 Å². The van der Waals surface area contributed by atoms with E-state index < -0.39 is 30.6 Å². The summed E-state index contributed by atoms with van der Waals surface area (Å²) >= 11 is 0. The lowest BCUT2D eigenvalue weighted by Gasteiger charge is -2.25. The Bertz CT molecular complexity index is 1080. The third-order valence-electron chi connectivity index (χ3n) is 4.98. The maximum atomic E-state index is 11.7. The molecule has 29 heavy (non-hydrogen) atoms. The Labute approximate surface area is 163 Å². The number of ether oxygens (including phenoxy) is 1. The van der Waals surface area contributed by atoms with Crippen molar-refractivity contribution in [1.29, 1.82) is 0 Å². The fraction of sp³-hybridized carbons (Fsp3) is 0.438. The third kappa shape index (κ3) is 2.91. The summed E-state index contributed by atoms with van der Waals surface area (Å²) in [6, 6.07) is 0. The zero-order chi connectivity index (χ0) is 20.9. The molecular weight excluding hydrogens is 384 g/mol. The Balaban J connectivity index is 1.78. The second-order valence-electron chi connectivity index (χ2n) is 6.85. The number of nitrogens with zero attached hydrogens (tertiary/aromatic N) is 6. The monoisotopic (exact) mass is 404 g/mol. The van der Waals surface area contributed by atoms with Gasteiger partial charge in [0.25, 0.3) is 11.9 Å². The lowest BCUT2D eigenvalue weighted by molar-refractivity contribution is -0.0804. The summed E-state index contributed by atoms with van der Waals surface area (Å²) in [6.07, 6.45) is 0.720. The number of hydrogen-bond donors (Lipinski definition) is 5. The van der Waals surface area contributed by atoms with E-state index in [4.69, 9.17) is 10.5 Å². The molecule has 0 aromatic carbocycles. The van der Waals surface area contributed by atoms with Crippen molar-refractivity contribution in [3.63, 3.8) is 0 Å². The fourth-order valence-corrected chi connectivity index (χ4v) is 3.21. The number of carbonyl (C=O) groups excluding carboxylic acids is 1. The summed E-state index contributed by atoms with van der Waals surface area (Å²) < 4.78 is 8.29. The fourth-order valence-electron chi connectivity index (χ4n) is 3.21. The summed E-state index contributed by atoms with van der Waals surface area (Å²) in [7, 11) is 1.50. The molecule has 1 fully saturated rings. The van der Waals surface area contributed by atoms with Gasteiger partial charge in [-0.3, -0.25) is 9.36 Å². The highest BCUT2D eigenvalue weighted by molar-refractivity contribution is 5.93. The number of hydrogen-bond acceptors (Lipinski definition) is 10. The standard InChI is InChI=1S/C16H20N8O5/c1-16(28)8(5-25)29-14(10(16)26)23-6-19-9-11(17)21-15(22-12(9)23)24-4-7(3-20-24)13(27)18-2/h3-4,6,8,10,14,25-26,28H,5H2,1-2H3,(H,18,27)(H2,17,21,22)/t8-,10-,14-,16-/m1/s1. The number of nitrogens with one attached hydrogen (secondary N) is 1. The number of amides is 1. The second-order valence-corrected chi connectivity index (χ2v) is 6.85. The molecule has 6 N–H and O–H groups in total. The number of aliphatic hydroxyl groups excluding tert-OH is 2. The van der Waals surface area contributed by atoms with Crippen LogP contribution >= 0.6 is 0 Å². The van der Waals surface area contributed by atoms with Crippen LogP contribution in [0, 0.1) is 0 Å². The highest BCUT2D eigenvalue weighted by Gasteiger charge is 2.53. The van der Waals surface area contributed by atoms with E-state index in [0.29, 0.717) is 5.56 Å². The number of carbonyl (C=O) groups is 1. The molecular formula is C16H20N8O5. The van der Waals surface area contributed by atoms with E-state index in [1.165, 1.54) is 41.9 Å². The van der Waals surface area contributed by atoms with E-state index in [1.807, 2.05) is 0 Å². The molecule has 13 nitrogen and oxygen atoms in total. The predicted molar refractivity (Wildman–Crippen MR) is 97.9 cm³/mol. The van der Waals surface area contributed by atoms with Crippen LogP contribution in [-0.4, -0.2) is 82.0 Å². The van der Waals surface area contributed by atoms with Crippen LogP contribution in [0.15, 0.2) is 18.7 Å². The molecule has 1 saturated heterocycles. The van der Waals surface area contributed by atoms with Crippen molar-refractivity contribution < 1.29 is 24.9 Å². The quantitative estimate of drug-likeness (QED) is 0.324. The molecule has 0 unspecified atom stereocenters. The molecule has 4 atom stereocenters. The number of imidazole rings is 1. The number of aliphatic hydroxyl groups is 3. The van der Waals surface area contributed by atoms with Gasteiger partial charge in [-0.15, -0.1) is 0 Å². The number of anilines is 1. The van der Waals surface area contributed by atoms with Crippen LogP contribution in [-0.2, 0) is 4.74 Å². The lowest BCUT2D eigenvalue weighted by Crippen LogP contribution is -2.46. The van der Waals surface area contributed by atoms with Crippen molar-refractivity contribution in [2.75, 3.05) is 19.4 Å². The number of nitrogen functional groups attached to an aromatic ring is 1. The van der Waals surface area contributed by atoms with Gasteiger partial charge in [0.05, 0.1) is 24.7 Å². The van der Waals surface area contributed by atoms with Gasteiger partial charge < -0.3 is 31.1 Å². The Morgan fingerprint density at radius 3 is 2.86 bits per heavy atom.